The standard InChI is InChI=1S/C12H14FN3O2S/c1-8-2-3-9(4-11(8)13)14-5-10(17)7-18-12-6-15-19-16-12/h2-4,6,10,14,17H,5,7H2,1H3. The molecule has 1 unspecified atom stereocenters. The van der Waals surface area contributed by atoms with E-state index in [0.29, 0.717) is 17.1 Å². The van der Waals surface area contributed by atoms with E-state index in [2.05, 4.69) is 14.1 Å². The highest BCUT2D eigenvalue weighted by Crippen LogP contribution is 2.13. The van der Waals surface area contributed by atoms with Gasteiger partial charge in [-0.25, -0.2) is 4.39 Å². The van der Waals surface area contributed by atoms with Crippen molar-refractivity contribution >= 4 is 17.4 Å². The van der Waals surface area contributed by atoms with Crippen molar-refractivity contribution in [2.24, 2.45) is 0 Å². The number of benzene rings is 1. The number of nitrogens with one attached hydrogen (secondary N) is 1. The number of ether oxygens (including phenoxy) is 1. The van der Waals surface area contributed by atoms with E-state index in [4.69, 9.17) is 4.74 Å². The zero-order chi connectivity index (χ0) is 13.7. The number of halogens is 1. The number of nitrogens with zero attached hydrogens (tertiary/aromatic N) is 2. The fraction of sp³-hybridized carbons (Fsp3) is 0.333. The second-order valence-electron chi connectivity index (χ2n) is 4.06. The fourth-order valence-electron chi connectivity index (χ4n) is 1.40. The molecule has 0 saturated carbocycles. The van der Waals surface area contributed by atoms with E-state index in [-0.39, 0.29) is 19.0 Å². The number of anilines is 1. The molecule has 0 spiro atoms. The zero-order valence-electron chi connectivity index (χ0n) is 10.3. The van der Waals surface area contributed by atoms with Crippen LogP contribution in [0.4, 0.5) is 10.1 Å². The first-order valence-electron chi connectivity index (χ1n) is 5.73. The van der Waals surface area contributed by atoms with Gasteiger partial charge in [-0.15, -0.1) is 4.37 Å². The Hall–Kier alpha value is -1.73. The van der Waals surface area contributed by atoms with Crippen LogP contribution in [0.1, 0.15) is 5.56 Å². The summed E-state index contributed by atoms with van der Waals surface area (Å²) in [6, 6.07) is 4.84. The lowest BCUT2D eigenvalue weighted by Gasteiger charge is -2.13. The molecule has 0 fully saturated rings. The largest absolute Gasteiger partial charge is 0.473 e. The summed E-state index contributed by atoms with van der Waals surface area (Å²) < 4.78 is 26.1. The molecule has 1 aromatic carbocycles. The van der Waals surface area contributed by atoms with Gasteiger partial charge in [-0.2, -0.15) is 4.37 Å². The van der Waals surface area contributed by atoms with Crippen molar-refractivity contribution in [1.29, 1.82) is 0 Å². The highest BCUT2D eigenvalue weighted by atomic mass is 32.1. The Kier molecular flexibility index (Phi) is 4.64. The van der Waals surface area contributed by atoms with Crippen LogP contribution in [0, 0.1) is 12.7 Å². The van der Waals surface area contributed by atoms with Crippen LogP contribution in [-0.4, -0.2) is 33.1 Å². The quantitative estimate of drug-likeness (QED) is 0.846. The van der Waals surface area contributed by atoms with E-state index in [0.717, 1.165) is 11.7 Å². The second kappa shape index (κ2) is 6.44. The molecule has 0 aliphatic carbocycles. The first-order valence-corrected chi connectivity index (χ1v) is 6.46. The van der Waals surface area contributed by atoms with Crippen LogP contribution in [0.2, 0.25) is 0 Å². The van der Waals surface area contributed by atoms with Crippen LogP contribution < -0.4 is 10.1 Å². The van der Waals surface area contributed by atoms with E-state index < -0.39 is 6.10 Å². The highest BCUT2D eigenvalue weighted by molar-refractivity contribution is 6.99. The Bertz CT molecular complexity index is 522. The molecule has 2 N–H and O–H groups in total. The average Bonchev–Trinajstić information content (AvgIpc) is 2.91. The topological polar surface area (TPSA) is 67.3 Å². The summed E-state index contributed by atoms with van der Waals surface area (Å²) in [6.45, 7) is 2.07. The van der Waals surface area contributed by atoms with Gasteiger partial charge in [0, 0.05) is 12.2 Å². The van der Waals surface area contributed by atoms with Gasteiger partial charge < -0.3 is 15.2 Å². The predicted molar refractivity (Wildman–Crippen MR) is 71.0 cm³/mol. The minimum Gasteiger partial charge on any atom is -0.473 e. The van der Waals surface area contributed by atoms with Gasteiger partial charge in [-0.05, 0) is 24.6 Å². The van der Waals surface area contributed by atoms with Crippen molar-refractivity contribution in [3.05, 3.63) is 35.8 Å². The van der Waals surface area contributed by atoms with Gasteiger partial charge >= 0.3 is 0 Å². The van der Waals surface area contributed by atoms with Crippen LogP contribution in [0.15, 0.2) is 24.4 Å². The van der Waals surface area contributed by atoms with Gasteiger partial charge in [0.15, 0.2) is 0 Å². The summed E-state index contributed by atoms with van der Waals surface area (Å²) in [5.41, 5.74) is 1.21. The van der Waals surface area contributed by atoms with Gasteiger partial charge in [0.05, 0.1) is 11.7 Å². The van der Waals surface area contributed by atoms with E-state index >= 15 is 0 Å². The van der Waals surface area contributed by atoms with Crippen molar-refractivity contribution < 1.29 is 14.2 Å². The minimum atomic E-state index is -0.717. The molecule has 5 nitrogen and oxygen atoms in total. The van der Waals surface area contributed by atoms with Gasteiger partial charge in [0.2, 0.25) is 5.88 Å². The van der Waals surface area contributed by atoms with Crippen molar-refractivity contribution in [2.75, 3.05) is 18.5 Å². The number of hydrogen-bond donors (Lipinski definition) is 2. The first kappa shape index (κ1) is 13.7. The third-order valence-electron chi connectivity index (χ3n) is 2.48. The van der Waals surface area contributed by atoms with Crippen LogP contribution in [0.5, 0.6) is 5.88 Å². The molecular formula is C12H14FN3O2S. The summed E-state index contributed by atoms with van der Waals surface area (Å²) in [7, 11) is 0. The molecule has 0 aliphatic rings. The third-order valence-corrected chi connectivity index (χ3v) is 2.94. The molecule has 1 atom stereocenters. The summed E-state index contributed by atoms with van der Waals surface area (Å²) in [6.07, 6.45) is 0.770. The van der Waals surface area contributed by atoms with Crippen LogP contribution in [-0.2, 0) is 0 Å². The number of aryl methyl sites for hydroxylation is 1. The SMILES string of the molecule is Cc1ccc(NCC(O)COc2cnsn2)cc1F. The number of aromatic nitrogens is 2. The van der Waals surface area contributed by atoms with Gasteiger partial charge in [-0.1, -0.05) is 6.07 Å². The summed E-state index contributed by atoms with van der Waals surface area (Å²) in [5, 5.41) is 12.6. The average molecular weight is 283 g/mol. The predicted octanol–water partition coefficient (Wildman–Crippen LogP) is 1.84. The zero-order valence-corrected chi connectivity index (χ0v) is 11.2. The molecular weight excluding hydrogens is 269 g/mol. The molecule has 1 aromatic heterocycles. The molecule has 7 heteroatoms. The molecule has 102 valence electrons. The van der Waals surface area contributed by atoms with Crippen LogP contribution >= 0.6 is 11.7 Å². The lowest BCUT2D eigenvalue weighted by molar-refractivity contribution is 0.115. The monoisotopic (exact) mass is 283 g/mol. The third kappa shape index (κ3) is 4.15. The Morgan fingerprint density at radius 2 is 2.37 bits per heavy atom. The number of rotatable bonds is 6. The van der Waals surface area contributed by atoms with E-state index in [1.807, 2.05) is 0 Å². The van der Waals surface area contributed by atoms with E-state index in [9.17, 15) is 9.50 Å². The maximum Gasteiger partial charge on any atom is 0.245 e. The molecule has 0 amide bonds. The molecule has 2 rings (SSSR count). The molecule has 0 radical (unpaired) electrons. The van der Waals surface area contributed by atoms with Crippen molar-refractivity contribution in [1.82, 2.24) is 8.75 Å². The maximum atomic E-state index is 13.3. The Morgan fingerprint density at radius 3 is 3.05 bits per heavy atom. The number of aliphatic hydroxyl groups is 1. The molecule has 1 heterocycles. The first-order chi connectivity index (χ1) is 9.15. The number of hydrogen-bond acceptors (Lipinski definition) is 6. The Labute approximate surface area is 114 Å². The summed E-state index contributed by atoms with van der Waals surface area (Å²) >= 11 is 1.04. The minimum absolute atomic E-state index is 0.104. The molecule has 0 bridgehead atoms. The number of aliphatic hydroxyl groups excluding tert-OH is 1. The molecule has 2 aromatic rings. The van der Waals surface area contributed by atoms with Crippen LogP contribution in [0.25, 0.3) is 0 Å². The normalized spacial score (nSPS) is 12.2. The molecule has 0 saturated heterocycles. The Balaban J connectivity index is 1.76. The van der Waals surface area contributed by atoms with Crippen molar-refractivity contribution in [2.45, 2.75) is 13.0 Å². The van der Waals surface area contributed by atoms with E-state index in [1.54, 1.807) is 19.1 Å². The summed E-state index contributed by atoms with van der Waals surface area (Å²) in [4.78, 5) is 0. The van der Waals surface area contributed by atoms with Gasteiger partial charge in [0.25, 0.3) is 0 Å². The summed E-state index contributed by atoms with van der Waals surface area (Å²) in [5.74, 6) is 0.120. The molecule has 0 aliphatic heterocycles. The fourth-order valence-corrected chi connectivity index (χ4v) is 1.76. The second-order valence-corrected chi connectivity index (χ2v) is 4.61. The van der Waals surface area contributed by atoms with Gasteiger partial charge in [-0.3, -0.25) is 0 Å². The maximum absolute atomic E-state index is 13.3. The smallest absolute Gasteiger partial charge is 0.245 e. The van der Waals surface area contributed by atoms with Crippen molar-refractivity contribution in [3.63, 3.8) is 0 Å². The van der Waals surface area contributed by atoms with Crippen molar-refractivity contribution in [3.8, 4) is 5.88 Å². The lowest BCUT2D eigenvalue weighted by Crippen LogP contribution is -2.26. The highest BCUT2D eigenvalue weighted by Gasteiger charge is 2.07. The molecule has 19 heavy (non-hydrogen) atoms. The lowest BCUT2D eigenvalue weighted by atomic mass is 10.2. The van der Waals surface area contributed by atoms with Crippen LogP contribution in [0.3, 0.4) is 0 Å². The van der Waals surface area contributed by atoms with E-state index in [1.165, 1.54) is 12.3 Å². The Morgan fingerprint density at radius 1 is 1.53 bits per heavy atom. The van der Waals surface area contributed by atoms with Gasteiger partial charge in [0.1, 0.15) is 24.7 Å².